The number of aromatic amines is 1. The van der Waals surface area contributed by atoms with Gasteiger partial charge in [-0.15, -0.1) is 0 Å². The maximum absolute atomic E-state index is 11.7. The van der Waals surface area contributed by atoms with Gasteiger partial charge in [-0.25, -0.2) is 4.79 Å². The number of nitrogens with zero attached hydrogens (tertiary/aromatic N) is 1. The van der Waals surface area contributed by atoms with Crippen LogP contribution in [-0.4, -0.2) is 47.0 Å². The first kappa shape index (κ1) is 14.1. The molecule has 1 aromatic rings. The van der Waals surface area contributed by atoms with Crippen molar-refractivity contribution < 1.29 is 14.9 Å². The van der Waals surface area contributed by atoms with E-state index in [0.29, 0.717) is 12.8 Å². The second kappa shape index (κ2) is 4.99. The first-order valence-corrected chi connectivity index (χ1v) is 5.73. The quantitative estimate of drug-likeness (QED) is 0.531. The second-order valence-corrected chi connectivity index (χ2v) is 4.52. The molecule has 1 aromatic heterocycles. The van der Waals surface area contributed by atoms with Gasteiger partial charge in [0.15, 0.2) is 0 Å². The van der Waals surface area contributed by atoms with E-state index in [2.05, 4.69) is 4.98 Å². The van der Waals surface area contributed by atoms with Crippen molar-refractivity contribution in [3.05, 3.63) is 32.6 Å². The number of aromatic nitrogens is 2. The number of aliphatic hydroxyl groups is 2. The van der Waals surface area contributed by atoms with E-state index in [4.69, 9.17) is 25.5 Å². The lowest BCUT2D eigenvalue weighted by Gasteiger charge is -2.26. The Bertz CT molecular complexity index is 577. The molecule has 1 aliphatic rings. The van der Waals surface area contributed by atoms with Crippen LogP contribution in [0.25, 0.3) is 0 Å². The highest BCUT2D eigenvalue weighted by Crippen LogP contribution is 2.30. The van der Waals surface area contributed by atoms with Crippen LogP contribution >= 0.6 is 0 Å². The van der Waals surface area contributed by atoms with Gasteiger partial charge in [-0.2, -0.15) is 0 Å². The van der Waals surface area contributed by atoms with Crippen LogP contribution < -0.4 is 11.2 Å². The molecule has 1 fully saturated rings. The summed E-state index contributed by atoms with van der Waals surface area (Å²) in [6, 6.07) is 0. The minimum atomic E-state index is -1.99. The van der Waals surface area contributed by atoms with E-state index >= 15 is 0 Å². The van der Waals surface area contributed by atoms with Crippen LogP contribution in [0.15, 0.2) is 15.8 Å². The van der Waals surface area contributed by atoms with Gasteiger partial charge in [0.2, 0.25) is 0 Å². The van der Waals surface area contributed by atoms with Crippen molar-refractivity contribution in [2.24, 2.45) is 0 Å². The Balaban J connectivity index is 2.30. The van der Waals surface area contributed by atoms with E-state index in [1.807, 2.05) is 0 Å². The Labute approximate surface area is 111 Å². The first-order valence-electron chi connectivity index (χ1n) is 5.73. The van der Waals surface area contributed by atoms with E-state index in [9.17, 15) is 14.7 Å². The molecule has 0 saturated carbocycles. The Kier molecular flexibility index (Phi) is 3.71. The predicted octanol–water partition coefficient (Wildman–Crippen LogP) is -2.31. The number of hydrogen-bond acceptors (Lipinski definition) is 5. The van der Waals surface area contributed by atoms with Crippen molar-refractivity contribution in [2.45, 2.75) is 37.2 Å². The van der Waals surface area contributed by atoms with Gasteiger partial charge >= 0.3 is 5.69 Å². The molecule has 2 rings (SSSR count). The SMILES string of the molecule is [B]C([B])(O)C1CCC(n2cc(CO)c(=O)[nH]c2=O)O1. The van der Waals surface area contributed by atoms with Gasteiger partial charge in [-0.1, -0.05) is 0 Å². The van der Waals surface area contributed by atoms with Crippen LogP contribution in [0.4, 0.5) is 0 Å². The Morgan fingerprint density at radius 2 is 2.16 bits per heavy atom. The van der Waals surface area contributed by atoms with Crippen LogP contribution in [0.5, 0.6) is 0 Å². The average molecular weight is 262 g/mol. The van der Waals surface area contributed by atoms with Gasteiger partial charge in [0.25, 0.3) is 5.56 Å². The third kappa shape index (κ3) is 2.83. The third-order valence-corrected chi connectivity index (χ3v) is 3.04. The van der Waals surface area contributed by atoms with Gasteiger partial charge in [-0.3, -0.25) is 14.3 Å². The maximum Gasteiger partial charge on any atom is 0.330 e. The van der Waals surface area contributed by atoms with Gasteiger partial charge in [0, 0.05) is 11.6 Å². The summed E-state index contributed by atoms with van der Waals surface area (Å²) < 4.78 is 6.53. The number of hydrogen-bond donors (Lipinski definition) is 3. The zero-order valence-corrected chi connectivity index (χ0v) is 10.1. The molecule has 0 aromatic carbocycles. The third-order valence-electron chi connectivity index (χ3n) is 3.04. The Morgan fingerprint density at radius 1 is 1.47 bits per heavy atom. The van der Waals surface area contributed by atoms with Crippen LogP contribution in [0.3, 0.4) is 0 Å². The molecule has 9 heteroatoms. The summed E-state index contributed by atoms with van der Waals surface area (Å²) in [5, 5.41) is 16.5. The molecule has 0 bridgehead atoms. The molecule has 7 nitrogen and oxygen atoms in total. The topological polar surface area (TPSA) is 105 Å². The smallest absolute Gasteiger partial charge is 0.330 e. The van der Waals surface area contributed by atoms with E-state index in [1.165, 1.54) is 6.20 Å². The molecule has 1 saturated heterocycles. The lowest BCUT2D eigenvalue weighted by Crippen LogP contribution is -2.43. The molecule has 4 radical (unpaired) electrons. The highest BCUT2D eigenvalue weighted by molar-refractivity contribution is 6.39. The minimum Gasteiger partial charge on any atom is -0.407 e. The lowest BCUT2D eigenvalue weighted by atomic mass is 9.61. The molecule has 2 heterocycles. The maximum atomic E-state index is 11.7. The molecule has 1 aliphatic heterocycles. The van der Waals surface area contributed by atoms with Crippen LogP contribution in [0.1, 0.15) is 24.6 Å². The Hall–Kier alpha value is -1.31. The number of nitrogens with one attached hydrogen (secondary N) is 1. The fourth-order valence-corrected chi connectivity index (χ4v) is 2.02. The van der Waals surface area contributed by atoms with E-state index in [1.54, 1.807) is 0 Å². The van der Waals surface area contributed by atoms with Crippen LogP contribution in [0, 0.1) is 0 Å². The number of rotatable bonds is 3. The summed E-state index contributed by atoms with van der Waals surface area (Å²) in [6.07, 6.45) is 0.486. The summed E-state index contributed by atoms with van der Waals surface area (Å²) in [6.45, 7) is -0.497. The van der Waals surface area contributed by atoms with Crippen molar-refractivity contribution in [1.82, 2.24) is 9.55 Å². The molecule has 19 heavy (non-hydrogen) atoms. The molecule has 0 spiro atoms. The summed E-state index contributed by atoms with van der Waals surface area (Å²) >= 11 is 0. The fraction of sp³-hybridized carbons (Fsp3) is 0.600. The monoisotopic (exact) mass is 262 g/mol. The van der Waals surface area contributed by atoms with Gasteiger partial charge in [-0.05, 0) is 12.8 Å². The van der Waals surface area contributed by atoms with Crippen LogP contribution in [-0.2, 0) is 11.3 Å². The summed E-state index contributed by atoms with van der Waals surface area (Å²) in [4.78, 5) is 25.1. The van der Waals surface area contributed by atoms with Crippen molar-refractivity contribution >= 4 is 15.7 Å². The zero-order chi connectivity index (χ0) is 14.2. The molecule has 2 atom stereocenters. The Morgan fingerprint density at radius 3 is 2.68 bits per heavy atom. The fourth-order valence-electron chi connectivity index (χ4n) is 2.02. The lowest BCUT2D eigenvalue weighted by molar-refractivity contribution is -0.0504. The van der Waals surface area contributed by atoms with Gasteiger partial charge in [0.1, 0.15) is 21.9 Å². The second-order valence-electron chi connectivity index (χ2n) is 4.52. The van der Waals surface area contributed by atoms with Crippen LogP contribution in [0.2, 0.25) is 0 Å². The molecule has 0 amide bonds. The minimum absolute atomic E-state index is 0.0439. The highest BCUT2D eigenvalue weighted by atomic mass is 16.5. The van der Waals surface area contributed by atoms with Crippen molar-refractivity contribution in [3.63, 3.8) is 0 Å². The normalized spacial score (nSPS) is 23.7. The molecule has 2 unspecified atom stereocenters. The van der Waals surface area contributed by atoms with E-state index in [0.717, 1.165) is 4.57 Å². The van der Waals surface area contributed by atoms with Gasteiger partial charge in [0.05, 0.1) is 18.3 Å². The van der Waals surface area contributed by atoms with Gasteiger partial charge < -0.3 is 14.9 Å². The molecule has 98 valence electrons. The van der Waals surface area contributed by atoms with E-state index in [-0.39, 0.29) is 5.56 Å². The average Bonchev–Trinajstić information content (AvgIpc) is 2.78. The van der Waals surface area contributed by atoms with E-state index < -0.39 is 35.6 Å². The number of aliphatic hydroxyl groups excluding tert-OH is 1. The summed E-state index contributed by atoms with van der Waals surface area (Å²) in [7, 11) is 10.6. The number of ether oxygens (including phenoxy) is 1. The molecule has 3 N–H and O–H groups in total. The summed E-state index contributed by atoms with van der Waals surface area (Å²) in [5.74, 6) is 0. The first-order chi connectivity index (χ1) is 8.82. The highest BCUT2D eigenvalue weighted by Gasteiger charge is 2.35. The molecule has 0 aliphatic carbocycles. The summed E-state index contributed by atoms with van der Waals surface area (Å²) in [5.41, 5.74) is -1.26. The standard InChI is InChI=1S/C10H12B2N2O5/c11-10(12,18)6-1-2-7(19-6)14-3-5(4-15)8(16)13-9(14)17/h3,6-7,15,18H,1-2,4H2,(H,13,16,17). The zero-order valence-electron chi connectivity index (χ0n) is 10.1. The predicted molar refractivity (Wildman–Crippen MR) is 66.8 cm³/mol. The molecular weight excluding hydrogens is 250 g/mol. The van der Waals surface area contributed by atoms with Crippen molar-refractivity contribution in [2.75, 3.05) is 0 Å². The number of H-pyrrole nitrogens is 1. The van der Waals surface area contributed by atoms with Crippen molar-refractivity contribution in [1.29, 1.82) is 0 Å². The molecular formula is C10H12B2N2O5. The largest absolute Gasteiger partial charge is 0.407 e. The van der Waals surface area contributed by atoms with Crippen molar-refractivity contribution in [3.8, 4) is 0 Å².